The van der Waals surface area contributed by atoms with Crippen molar-refractivity contribution in [2.24, 2.45) is 0 Å². The van der Waals surface area contributed by atoms with Crippen LogP contribution < -0.4 is 10.1 Å². The van der Waals surface area contributed by atoms with Crippen molar-refractivity contribution in [3.05, 3.63) is 75.7 Å². The van der Waals surface area contributed by atoms with Crippen molar-refractivity contribution in [2.75, 3.05) is 0 Å². The van der Waals surface area contributed by atoms with E-state index in [1.807, 2.05) is 18.2 Å². The fraction of sp³-hybridized carbons (Fsp3) is 0.261. The number of carbonyl (C=O) groups is 1. The minimum absolute atomic E-state index is 0.0197. The first kappa shape index (κ1) is 16.6. The van der Waals surface area contributed by atoms with E-state index in [-0.39, 0.29) is 11.9 Å². The second-order valence-electron chi connectivity index (χ2n) is 7.32. The van der Waals surface area contributed by atoms with E-state index in [9.17, 15) is 4.79 Å². The lowest BCUT2D eigenvalue weighted by Gasteiger charge is -2.26. The highest BCUT2D eigenvalue weighted by Gasteiger charge is 2.26. The van der Waals surface area contributed by atoms with Crippen LogP contribution in [0, 0.1) is 6.92 Å². The van der Waals surface area contributed by atoms with Gasteiger partial charge in [-0.05, 0) is 55.0 Å². The Kier molecular flexibility index (Phi) is 4.01. The molecule has 4 heteroatoms. The molecule has 5 rings (SSSR count). The summed E-state index contributed by atoms with van der Waals surface area (Å²) in [5.41, 5.74) is 6.05. The maximum Gasteiger partial charge on any atom is 0.261 e. The van der Waals surface area contributed by atoms with E-state index in [1.54, 1.807) is 11.3 Å². The molecule has 0 fully saturated rings. The fourth-order valence-corrected chi connectivity index (χ4v) is 5.39. The zero-order chi connectivity index (χ0) is 18.4. The maximum atomic E-state index is 13.0. The third-order valence-electron chi connectivity index (χ3n) is 5.55. The van der Waals surface area contributed by atoms with E-state index < -0.39 is 0 Å². The van der Waals surface area contributed by atoms with Gasteiger partial charge in [0.1, 0.15) is 12.4 Å². The molecule has 1 aliphatic carbocycles. The first-order valence-corrected chi connectivity index (χ1v) is 10.3. The molecule has 1 aliphatic heterocycles. The molecule has 136 valence electrons. The third kappa shape index (κ3) is 2.85. The predicted octanol–water partition coefficient (Wildman–Crippen LogP) is 5.42. The van der Waals surface area contributed by atoms with E-state index in [2.05, 4.69) is 42.6 Å². The summed E-state index contributed by atoms with van der Waals surface area (Å²) in [4.78, 5) is 14.9. The Hall–Kier alpha value is -2.59. The van der Waals surface area contributed by atoms with Crippen molar-refractivity contribution in [1.29, 1.82) is 0 Å². The second-order valence-corrected chi connectivity index (χ2v) is 8.37. The molecule has 3 nitrogen and oxygen atoms in total. The number of thiophene rings is 1. The quantitative estimate of drug-likeness (QED) is 0.649. The van der Waals surface area contributed by atoms with Gasteiger partial charge >= 0.3 is 0 Å². The number of carbonyl (C=O) groups excluding carboxylic acids is 1. The number of hydrogen-bond donors (Lipinski definition) is 1. The first-order valence-electron chi connectivity index (χ1n) is 9.45. The summed E-state index contributed by atoms with van der Waals surface area (Å²) in [7, 11) is 0. The Morgan fingerprint density at radius 3 is 2.96 bits per heavy atom. The van der Waals surface area contributed by atoms with Gasteiger partial charge in [-0.3, -0.25) is 4.79 Å². The van der Waals surface area contributed by atoms with Crippen LogP contribution in [0.2, 0.25) is 0 Å². The van der Waals surface area contributed by atoms with Crippen LogP contribution in [0.5, 0.6) is 5.75 Å². The average Bonchev–Trinajstić information content (AvgIpc) is 3.13. The summed E-state index contributed by atoms with van der Waals surface area (Å²) in [5.74, 6) is 0.934. The highest BCUT2D eigenvalue weighted by molar-refractivity contribution is 7.17. The fourth-order valence-electron chi connectivity index (χ4n) is 4.20. The van der Waals surface area contributed by atoms with Crippen molar-refractivity contribution < 1.29 is 9.53 Å². The van der Waals surface area contributed by atoms with Gasteiger partial charge in [0, 0.05) is 16.0 Å². The van der Waals surface area contributed by atoms with Crippen molar-refractivity contribution in [3.63, 3.8) is 0 Å². The van der Waals surface area contributed by atoms with Crippen LogP contribution >= 0.6 is 11.3 Å². The van der Waals surface area contributed by atoms with E-state index in [1.165, 1.54) is 21.6 Å². The van der Waals surface area contributed by atoms with Gasteiger partial charge in [0.25, 0.3) is 5.91 Å². The Balaban J connectivity index is 1.44. The molecule has 0 saturated carbocycles. The number of nitrogens with one attached hydrogen (secondary N) is 1. The van der Waals surface area contributed by atoms with Gasteiger partial charge in [0.15, 0.2) is 0 Å². The molecule has 0 radical (unpaired) electrons. The maximum absolute atomic E-state index is 13.0. The normalized spacial score (nSPS) is 17.3. The lowest BCUT2D eigenvalue weighted by molar-refractivity contribution is 0.0937. The van der Waals surface area contributed by atoms with Crippen LogP contribution in [0.15, 0.2) is 48.5 Å². The molecule has 1 aromatic heterocycles. The second kappa shape index (κ2) is 6.54. The summed E-state index contributed by atoms with van der Waals surface area (Å²) in [6.45, 7) is 2.62. The summed E-state index contributed by atoms with van der Waals surface area (Å²) in [6.07, 6.45) is 3.21. The number of benzene rings is 2. The Labute approximate surface area is 163 Å². The van der Waals surface area contributed by atoms with Gasteiger partial charge in [-0.2, -0.15) is 0 Å². The average molecular weight is 375 g/mol. The predicted molar refractivity (Wildman–Crippen MR) is 108 cm³/mol. The third-order valence-corrected chi connectivity index (χ3v) is 6.75. The number of aryl methyl sites for hydroxylation is 2. The standard InChI is InChI=1S/C23H21NO2S/c1-14-6-4-11-19-21(14)22-16(13-26-19)12-20(27-22)23(25)24-18-10-5-8-15-7-2-3-9-17(15)18/h2-4,6-7,9,11-12,18H,5,8,10,13H2,1H3,(H,24,25)/t18-/m0/s1. The smallest absolute Gasteiger partial charge is 0.261 e. The van der Waals surface area contributed by atoms with Crippen LogP contribution in [0.3, 0.4) is 0 Å². The van der Waals surface area contributed by atoms with Crippen LogP contribution in [0.25, 0.3) is 10.4 Å². The van der Waals surface area contributed by atoms with Crippen molar-refractivity contribution in [3.8, 4) is 16.2 Å². The van der Waals surface area contributed by atoms with E-state index in [4.69, 9.17) is 4.74 Å². The molecule has 1 amide bonds. The molecule has 0 saturated heterocycles. The van der Waals surface area contributed by atoms with Gasteiger partial charge in [-0.15, -0.1) is 11.3 Å². The zero-order valence-corrected chi connectivity index (χ0v) is 16.1. The van der Waals surface area contributed by atoms with Crippen molar-refractivity contribution in [2.45, 2.75) is 38.8 Å². The van der Waals surface area contributed by atoms with Crippen molar-refractivity contribution >= 4 is 17.2 Å². The summed E-state index contributed by atoms with van der Waals surface area (Å²) < 4.78 is 5.90. The number of hydrogen-bond acceptors (Lipinski definition) is 3. The van der Waals surface area contributed by atoms with E-state index in [0.29, 0.717) is 6.61 Å². The summed E-state index contributed by atoms with van der Waals surface area (Å²) in [5, 5.41) is 3.27. The minimum atomic E-state index is 0.0197. The largest absolute Gasteiger partial charge is 0.488 e. The molecule has 1 atom stereocenters. The van der Waals surface area contributed by atoms with E-state index in [0.717, 1.165) is 41.0 Å². The highest BCUT2D eigenvalue weighted by atomic mass is 32.1. The van der Waals surface area contributed by atoms with Crippen molar-refractivity contribution in [1.82, 2.24) is 5.32 Å². The van der Waals surface area contributed by atoms with Crippen LogP contribution in [-0.4, -0.2) is 5.91 Å². The Morgan fingerprint density at radius 2 is 2.04 bits per heavy atom. The molecule has 1 N–H and O–H groups in total. The molecule has 0 bridgehead atoms. The SMILES string of the molecule is Cc1cccc2c1-c1sc(C(=O)N[C@H]3CCCc4ccccc43)cc1CO2. The number of amides is 1. The van der Waals surface area contributed by atoms with Gasteiger partial charge in [0.05, 0.1) is 10.9 Å². The first-order chi connectivity index (χ1) is 13.2. The Bertz CT molecular complexity index is 1040. The molecule has 2 aromatic carbocycles. The van der Waals surface area contributed by atoms with Crippen LogP contribution in [0.1, 0.15) is 50.8 Å². The van der Waals surface area contributed by atoms with Crippen LogP contribution in [-0.2, 0) is 13.0 Å². The van der Waals surface area contributed by atoms with Crippen LogP contribution in [0.4, 0.5) is 0 Å². The summed E-state index contributed by atoms with van der Waals surface area (Å²) in [6, 6.07) is 16.7. The molecule has 2 aliphatic rings. The lowest BCUT2D eigenvalue weighted by atomic mass is 9.88. The number of fused-ring (bicyclic) bond motifs is 4. The number of ether oxygens (including phenoxy) is 1. The molecule has 0 unspecified atom stereocenters. The molecule has 2 heterocycles. The molecular weight excluding hydrogens is 354 g/mol. The molecule has 27 heavy (non-hydrogen) atoms. The van der Waals surface area contributed by atoms with Gasteiger partial charge in [-0.25, -0.2) is 0 Å². The molecule has 0 spiro atoms. The van der Waals surface area contributed by atoms with Gasteiger partial charge in [0.2, 0.25) is 0 Å². The molecule has 3 aromatic rings. The highest BCUT2D eigenvalue weighted by Crippen LogP contribution is 2.44. The summed E-state index contributed by atoms with van der Waals surface area (Å²) >= 11 is 1.58. The van der Waals surface area contributed by atoms with Gasteiger partial charge < -0.3 is 10.1 Å². The molecular formula is C23H21NO2S. The lowest BCUT2D eigenvalue weighted by Crippen LogP contribution is -2.30. The van der Waals surface area contributed by atoms with E-state index >= 15 is 0 Å². The minimum Gasteiger partial charge on any atom is -0.488 e. The number of rotatable bonds is 2. The van der Waals surface area contributed by atoms with Gasteiger partial charge in [-0.1, -0.05) is 36.4 Å². The topological polar surface area (TPSA) is 38.3 Å². The Morgan fingerprint density at radius 1 is 1.15 bits per heavy atom. The zero-order valence-electron chi connectivity index (χ0n) is 15.2. The monoisotopic (exact) mass is 375 g/mol.